The van der Waals surface area contributed by atoms with Crippen LogP contribution in [0.4, 0.5) is 11.4 Å². The smallest absolute Gasteiger partial charge is 0.293 e. The number of hydrogen-bond acceptors (Lipinski definition) is 5. The lowest BCUT2D eigenvalue weighted by Crippen LogP contribution is -2.25. The molecular weight excluding hydrogens is 250 g/mol. The highest BCUT2D eigenvalue weighted by atomic mass is 16.7. The first kappa shape index (κ1) is 14.9. The average molecular weight is 267 g/mol. The highest BCUT2D eigenvalue weighted by Crippen LogP contribution is 2.26. The second-order valence-electron chi connectivity index (χ2n) is 4.27. The van der Waals surface area contributed by atoms with Gasteiger partial charge in [-0.25, -0.2) is 5.06 Å². The molecule has 7 heteroatoms. The van der Waals surface area contributed by atoms with Gasteiger partial charge in [-0.1, -0.05) is 0 Å². The molecule has 0 aromatic heterocycles. The van der Waals surface area contributed by atoms with E-state index in [1.807, 2.05) is 13.8 Å². The van der Waals surface area contributed by atoms with Crippen molar-refractivity contribution in [1.82, 2.24) is 5.06 Å². The number of rotatable bonds is 5. The first-order valence-corrected chi connectivity index (χ1v) is 5.74. The summed E-state index contributed by atoms with van der Waals surface area (Å²) >= 11 is 0. The van der Waals surface area contributed by atoms with Crippen LogP contribution >= 0.6 is 0 Å². The summed E-state index contributed by atoms with van der Waals surface area (Å²) in [7, 11) is 2.79. The van der Waals surface area contributed by atoms with Crippen LogP contribution in [0.15, 0.2) is 18.2 Å². The molecule has 0 radical (unpaired) electrons. The summed E-state index contributed by atoms with van der Waals surface area (Å²) < 4.78 is 0. The molecule has 1 rings (SSSR count). The number of nitro benzene ring substituents is 1. The van der Waals surface area contributed by atoms with Gasteiger partial charge in [-0.3, -0.25) is 19.7 Å². The van der Waals surface area contributed by atoms with Gasteiger partial charge in [-0.05, 0) is 26.0 Å². The number of anilines is 1. The maximum Gasteiger partial charge on any atom is 0.293 e. The number of hydroxylamine groups is 2. The van der Waals surface area contributed by atoms with Gasteiger partial charge >= 0.3 is 0 Å². The monoisotopic (exact) mass is 267 g/mol. The highest BCUT2D eigenvalue weighted by molar-refractivity contribution is 5.95. The zero-order valence-corrected chi connectivity index (χ0v) is 11.3. The molecule has 0 unspecified atom stereocenters. The molecule has 0 atom stereocenters. The summed E-state index contributed by atoms with van der Waals surface area (Å²) in [6.07, 6.45) is 0. The number of nitro groups is 1. The van der Waals surface area contributed by atoms with Crippen LogP contribution in [0.25, 0.3) is 0 Å². The molecule has 19 heavy (non-hydrogen) atoms. The first-order chi connectivity index (χ1) is 8.86. The Morgan fingerprint density at radius 2 is 2.11 bits per heavy atom. The van der Waals surface area contributed by atoms with Gasteiger partial charge in [0.1, 0.15) is 5.69 Å². The van der Waals surface area contributed by atoms with E-state index in [1.165, 1.54) is 32.4 Å². The summed E-state index contributed by atoms with van der Waals surface area (Å²) in [5.41, 5.74) is 0.450. The Kier molecular flexibility index (Phi) is 4.82. The summed E-state index contributed by atoms with van der Waals surface area (Å²) in [5, 5.41) is 15.0. The first-order valence-electron chi connectivity index (χ1n) is 5.74. The lowest BCUT2D eigenvalue weighted by atomic mass is 10.1. The molecular formula is C12H17N3O4. The van der Waals surface area contributed by atoms with Gasteiger partial charge in [0.2, 0.25) is 0 Å². The normalized spacial score (nSPS) is 10.4. The van der Waals surface area contributed by atoms with Gasteiger partial charge in [-0.15, -0.1) is 0 Å². The minimum Gasteiger partial charge on any atom is -0.377 e. The molecule has 0 saturated heterocycles. The summed E-state index contributed by atoms with van der Waals surface area (Å²) in [6, 6.07) is 4.34. The Morgan fingerprint density at radius 1 is 1.47 bits per heavy atom. The van der Waals surface area contributed by atoms with Gasteiger partial charge in [0, 0.05) is 24.7 Å². The van der Waals surface area contributed by atoms with Crippen LogP contribution in [0.5, 0.6) is 0 Å². The predicted octanol–water partition coefficient (Wildman–Crippen LogP) is 2.05. The number of carbonyl (C=O) groups excluding carboxylic acids is 1. The Labute approximate surface area is 111 Å². The zero-order valence-electron chi connectivity index (χ0n) is 11.3. The standard InChI is InChI=1S/C12H17N3O4/c1-8(2)13-10-6-5-9(7-11(10)15(17)18)12(16)14(3)19-4/h5-8,13H,1-4H3. The Balaban J connectivity index is 3.16. The molecule has 0 aliphatic carbocycles. The van der Waals surface area contributed by atoms with E-state index >= 15 is 0 Å². The molecule has 0 aliphatic heterocycles. The lowest BCUT2D eigenvalue weighted by molar-refractivity contribution is -0.384. The molecule has 1 aromatic carbocycles. The van der Waals surface area contributed by atoms with E-state index < -0.39 is 10.8 Å². The van der Waals surface area contributed by atoms with E-state index in [-0.39, 0.29) is 17.3 Å². The highest BCUT2D eigenvalue weighted by Gasteiger charge is 2.19. The number of hydrogen-bond donors (Lipinski definition) is 1. The van der Waals surface area contributed by atoms with Crippen LogP contribution in [0, 0.1) is 10.1 Å². The summed E-state index contributed by atoms with van der Waals surface area (Å²) in [5.74, 6) is -0.443. The fourth-order valence-corrected chi connectivity index (χ4v) is 1.51. The number of benzene rings is 1. The average Bonchev–Trinajstić information content (AvgIpc) is 2.36. The van der Waals surface area contributed by atoms with Crippen LogP contribution in [0.3, 0.4) is 0 Å². The van der Waals surface area contributed by atoms with Crippen molar-refractivity contribution in [2.24, 2.45) is 0 Å². The number of amides is 1. The third kappa shape index (κ3) is 3.65. The van der Waals surface area contributed by atoms with Crippen molar-refractivity contribution >= 4 is 17.3 Å². The molecule has 1 amide bonds. The lowest BCUT2D eigenvalue weighted by Gasteiger charge is -2.15. The number of nitrogens with zero attached hydrogens (tertiary/aromatic N) is 2. The zero-order chi connectivity index (χ0) is 14.6. The maximum atomic E-state index is 11.8. The van der Waals surface area contributed by atoms with Crippen molar-refractivity contribution in [3.05, 3.63) is 33.9 Å². The summed E-state index contributed by atoms with van der Waals surface area (Å²) in [4.78, 5) is 27.1. The topological polar surface area (TPSA) is 84.7 Å². The van der Waals surface area contributed by atoms with E-state index in [4.69, 9.17) is 4.84 Å². The van der Waals surface area contributed by atoms with E-state index in [9.17, 15) is 14.9 Å². The van der Waals surface area contributed by atoms with Crippen molar-refractivity contribution in [1.29, 1.82) is 0 Å². The fraction of sp³-hybridized carbons (Fsp3) is 0.417. The second kappa shape index (κ2) is 6.14. The van der Waals surface area contributed by atoms with Crippen molar-refractivity contribution < 1.29 is 14.6 Å². The molecule has 1 N–H and O–H groups in total. The maximum absolute atomic E-state index is 11.8. The van der Waals surface area contributed by atoms with E-state index in [0.29, 0.717) is 5.69 Å². The third-order valence-corrected chi connectivity index (χ3v) is 2.45. The van der Waals surface area contributed by atoms with Crippen LogP contribution < -0.4 is 5.32 Å². The van der Waals surface area contributed by atoms with Gasteiger partial charge in [0.05, 0.1) is 12.0 Å². The van der Waals surface area contributed by atoms with E-state index in [2.05, 4.69) is 5.32 Å². The van der Waals surface area contributed by atoms with Crippen LogP contribution in [-0.4, -0.2) is 36.1 Å². The number of carbonyl (C=O) groups is 1. The van der Waals surface area contributed by atoms with Crippen molar-refractivity contribution in [3.63, 3.8) is 0 Å². The van der Waals surface area contributed by atoms with Crippen molar-refractivity contribution in [2.45, 2.75) is 19.9 Å². The Hall–Kier alpha value is -2.15. The molecule has 104 valence electrons. The SMILES string of the molecule is CON(C)C(=O)c1ccc(NC(C)C)c([N+](=O)[O-])c1. The molecule has 0 aliphatic rings. The molecule has 7 nitrogen and oxygen atoms in total. The van der Waals surface area contributed by atoms with Crippen molar-refractivity contribution in [3.8, 4) is 0 Å². The molecule has 0 heterocycles. The Bertz CT molecular complexity index is 488. The Morgan fingerprint density at radius 3 is 2.58 bits per heavy atom. The van der Waals surface area contributed by atoms with Gasteiger partial charge < -0.3 is 5.32 Å². The second-order valence-corrected chi connectivity index (χ2v) is 4.27. The van der Waals surface area contributed by atoms with Gasteiger partial charge in [-0.2, -0.15) is 0 Å². The number of nitrogens with one attached hydrogen (secondary N) is 1. The molecule has 0 fully saturated rings. The quantitative estimate of drug-likeness (QED) is 0.652. The summed E-state index contributed by atoms with van der Waals surface area (Å²) in [6.45, 7) is 3.75. The largest absolute Gasteiger partial charge is 0.377 e. The van der Waals surface area contributed by atoms with Gasteiger partial charge in [0.25, 0.3) is 11.6 Å². The minimum absolute atomic E-state index is 0.0573. The fourth-order valence-electron chi connectivity index (χ4n) is 1.51. The van der Waals surface area contributed by atoms with Crippen LogP contribution in [-0.2, 0) is 4.84 Å². The molecule has 0 saturated carbocycles. The van der Waals surface area contributed by atoms with Crippen LogP contribution in [0.1, 0.15) is 24.2 Å². The molecule has 0 bridgehead atoms. The van der Waals surface area contributed by atoms with Crippen LogP contribution in [0.2, 0.25) is 0 Å². The third-order valence-electron chi connectivity index (χ3n) is 2.45. The molecule has 0 spiro atoms. The van der Waals surface area contributed by atoms with E-state index in [0.717, 1.165) is 5.06 Å². The van der Waals surface area contributed by atoms with Gasteiger partial charge in [0.15, 0.2) is 0 Å². The minimum atomic E-state index is -0.520. The predicted molar refractivity (Wildman–Crippen MR) is 71.0 cm³/mol. The van der Waals surface area contributed by atoms with E-state index in [1.54, 1.807) is 0 Å². The van der Waals surface area contributed by atoms with Crippen molar-refractivity contribution in [2.75, 3.05) is 19.5 Å². The molecule has 1 aromatic rings.